The van der Waals surface area contributed by atoms with Crippen molar-refractivity contribution >= 4 is 17.7 Å². The molecule has 0 saturated heterocycles. The van der Waals surface area contributed by atoms with Gasteiger partial charge in [0.25, 0.3) is 0 Å². The first-order valence-electron chi connectivity index (χ1n) is 5.91. The highest BCUT2D eigenvalue weighted by atomic mass is 32.2. The summed E-state index contributed by atoms with van der Waals surface area (Å²) in [5.41, 5.74) is 0. The van der Waals surface area contributed by atoms with Gasteiger partial charge in [-0.15, -0.1) is 0 Å². The van der Waals surface area contributed by atoms with Gasteiger partial charge >= 0.3 is 5.97 Å². The molecule has 1 saturated carbocycles. The maximum atomic E-state index is 11.4. The molecule has 2 atom stereocenters. The van der Waals surface area contributed by atoms with Crippen LogP contribution in [0.5, 0.6) is 0 Å². The van der Waals surface area contributed by atoms with Gasteiger partial charge in [0.15, 0.2) is 0 Å². The van der Waals surface area contributed by atoms with Crippen LogP contribution in [0.3, 0.4) is 0 Å². The summed E-state index contributed by atoms with van der Waals surface area (Å²) in [5.74, 6) is -0.212. The van der Waals surface area contributed by atoms with Crippen LogP contribution in [0.2, 0.25) is 0 Å². The lowest BCUT2D eigenvalue weighted by Crippen LogP contribution is -2.48. The van der Waals surface area contributed by atoms with E-state index in [0.717, 1.165) is 6.54 Å². The molecule has 0 radical (unpaired) electrons. The van der Waals surface area contributed by atoms with Gasteiger partial charge < -0.3 is 10.1 Å². The maximum Gasteiger partial charge on any atom is 0.309 e. The Labute approximate surface area is 103 Å². The summed E-state index contributed by atoms with van der Waals surface area (Å²) < 4.78 is 5.17. The van der Waals surface area contributed by atoms with Crippen LogP contribution in [0.4, 0.5) is 0 Å². The predicted molar refractivity (Wildman–Crippen MR) is 68.7 cm³/mol. The second-order valence-corrected chi connectivity index (χ2v) is 6.00. The number of nitrogens with one attached hydrogen (secondary N) is 1. The molecule has 2 unspecified atom stereocenters. The van der Waals surface area contributed by atoms with Gasteiger partial charge in [0.05, 0.1) is 13.0 Å². The van der Waals surface area contributed by atoms with Gasteiger partial charge in [-0.3, -0.25) is 4.79 Å². The lowest BCUT2D eigenvalue weighted by atomic mass is 9.84. The maximum absolute atomic E-state index is 11.4. The van der Waals surface area contributed by atoms with Crippen LogP contribution in [0.1, 0.15) is 33.1 Å². The number of ether oxygens (including phenoxy) is 1. The van der Waals surface area contributed by atoms with Gasteiger partial charge in [-0.2, -0.15) is 11.8 Å². The van der Waals surface area contributed by atoms with E-state index in [-0.39, 0.29) is 17.9 Å². The summed E-state index contributed by atoms with van der Waals surface area (Å²) in [5, 5.41) is 3.47. The summed E-state index contributed by atoms with van der Waals surface area (Å²) in [6.45, 7) is 4.96. The van der Waals surface area contributed by atoms with Gasteiger partial charge in [-0.05, 0) is 26.0 Å². The molecule has 0 aromatic carbocycles. The molecule has 0 bridgehead atoms. The third-order valence-electron chi connectivity index (χ3n) is 3.77. The molecule has 0 aromatic heterocycles. The Kier molecular flexibility index (Phi) is 5.12. The number of methoxy groups -OCH3 is 1. The molecule has 4 heteroatoms. The molecule has 94 valence electrons. The van der Waals surface area contributed by atoms with E-state index in [9.17, 15) is 4.79 Å². The molecule has 1 aliphatic rings. The molecule has 0 spiro atoms. The third kappa shape index (κ3) is 3.14. The average molecular weight is 245 g/mol. The van der Waals surface area contributed by atoms with Crippen molar-refractivity contribution < 1.29 is 9.53 Å². The molecule has 0 amide bonds. The van der Waals surface area contributed by atoms with E-state index in [2.05, 4.69) is 11.6 Å². The molecule has 0 aromatic rings. The average Bonchev–Trinajstić information content (AvgIpc) is 2.25. The lowest BCUT2D eigenvalue weighted by molar-refractivity contribution is -0.145. The first kappa shape index (κ1) is 13.8. The van der Waals surface area contributed by atoms with Crippen LogP contribution >= 0.6 is 11.8 Å². The summed E-state index contributed by atoms with van der Waals surface area (Å²) in [7, 11) is 1.45. The van der Waals surface area contributed by atoms with E-state index in [1.54, 1.807) is 0 Å². The van der Waals surface area contributed by atoms with E-state index >= 15 is 0 Å². The fraction of sp³-hybridized carbons (Fsp3) is 0.917. The lowest BCUT2D eigenvalue weighted by Gasteiger charge is -2.41. The number of carbonyl (C=O) groups excluding carboxylic acids is 1. The van der Waals surface area contributed by atoms with Crippen LogP contribution in [0.25, 0.3) is 0 Å². The van der Waals surface area contributed by atoms with E-state index in [1.807, 2.05) is 25.6 Å². The largest absolute Gasteiger partial charge is 0.469 e. The van der Waals surface area contributed by atoms with Gasteiger partial charge in [-0.25, -0.2) is 0 Å². The second-order valence-electron chi connectivity index (χ2n) is 4.72. The summed E-state index contributed by atoms with van der Waals surface area (Å²) in [6, 6.07) is 0.178. The normalized spacial score (nSPS) is 22.0. The number of hydrogen-bond donors (Lipinski definition) is 1. The zero-order valence-electron chi connectivity index (χ0n) is 10.7. The molecular formula is C12H23NO2S. The summed E-state index contributed by atoms with van der Waals surface area (Å²) in [4.78, 5) is 11.4. The van der Waals surface area contributed by atoms with Crippen LogP contribution in [0, 0.1) is 5.92 Å². The number of hydrogen-bond acceptors (Lipinski definition) is 4. The van der Waals surface area contributed by atoms with E-state index in [0.29, 0.717) is 4.75 Å². The number of carbonyl (C=O) groups is 1. The Balaban J connectivity index is 2.34. The molecule has 1 rings (SSSR count). The van der Waals surface area contributed by atoms with Gasteiger partial charge in [-0.1, -0.05) is 13.3 Å². The van der Waals surface area contributed by atoms with Crippen molar-refractivity contribution in [1.82, 2.24) is 5.32 Å². The Morgan fingerprint density at radius 1 is 1.50 bits per heavy atom. The van der Waals surface area contributed by atoms with Crippen LogP contribution in [-0.4, -0.2) is 36.7 Å². The number of esters is 1. The zero-order valence-corrected chi connectivity index (χ0v) is 11.5. The fourth-order valence-electron chi connectivity index (χ4n) is 1.94. The Morgan fingerprint density at radius 2 is 2.12 bits per heavy atom. The molecule has 1 fully saturated rings. The first-order chi connectivity index (χ1) is 7.54. The highest BCUT2D eigenvalue weighted by Crippen LogP contribution is 2.42. The molecule has 16 heavy (non-hydrogen) atoms. The smallest absolute Gasteiger partial charge is 0.309 e. The van der Waals surface area contributed by atoms with Gasteiger partial charge in [0.1, 0.15) is 0 Å². The van der Waals surface area contributed by atoms with Crippen LogP contribution in [0.15, 0.2) is 0 Å². The molecule has 1 N–H and O–H groups in total. The summed E-state index contributed by atoms with van der Waals surface area (Å²) >= 11 is 1.95. The molecule has 0 aliphatic heterocycles. The minimum atomic E-state index is -0.133. The number of thioether (sulfide) groups is 1. The van der Waals surface area contributed by atoms with Crippen molar-refractivity contribution in [1.29, 1.82) is 0 Å². The quantitative estimate of drug-likeness (QED) is 0.727. The minimum Gasteiger partial charge on any atom is -0.469 e. The van der Waals surface area contributed by atoms with Gasteiger partial charge in [0.2, 0.25) is 0 Å². The fourth-order valence-corrected chi connectivity index (χ4v) is 2.86. The molecule has 3 nitrogen and oxygen atoms in total. The topological polar surface area (TPSA) is 38.3 Å². The van der Waals surface area contributed by atoms with E-state index < -0.39 is 0 Å². The Hall–Kier alpha value is -0.220. The SMILES string of the molecule is COC(=O)C(C)C(C)NCC1(SC)CCC1. The van der Waals surface area contributed by atoms with Crippen molar-refractivity contribution in [2.75, 3.05) is 19.9 Å². The van der Waals surface area contributed by atoms with Crippen molar-refractivity contribution in [3.05, 3.63) is 0 Å². The highest BCUT2D eigenvalue weighted by molar-refractivity contribution is 8.00. The molecular weight excluding hydrogens is 222 g/mol. The zero-order chi connectivity index (χ0) is 12.2. The van der Waals surface area contributed by atoms with Crippen molar-refractivity contribution in [2.45, 2.75) is 43.9 Å². The van der Waals surface area contributed by atoms with Crippen molar-refractivity contribution in [3.8, 4) is 0 Å². The predicted octanol–water partition coefficient (Wildman–Crippen LogP) is 2.06. The van der Waals surface area contributed by atoms with Crippen molar-refractivity contribution in [3.63, 3.8) is 0 Å². The standard InChI is InChI=1S/C12H23NO2S/c1-9(11(14)15-3)10(2)13-8-12(16-4)6-5-7-12/h9-10,13H,5-8H2,1-4H3. The first-order valence-corrected chi connectivity index (χ1v) is 7.13. The van der Waals surface area contributed by atoms with Crippen molar-refractivity contribution in [2.24, 2.45) is 5.92 Å². The van der Waals surface area contributed by atoms with E-state index in [1.165, 1.54) is 26.4 Å². The Bertz CT molecular complexity index is 236. The summed E-state index contributed by atoms with van der Waals surface area (Å²) in [6.07, 6.45) is 6.10. The Morgan fingerprint density at radius 3 is 2.50 bits per heavy atom. The van der Waals surface area contributed by atoms with Crippen LogP contribution in [-0.2, 0) is 9.53 Å². The third-order valence-corrected chi connectivity index (χ3v) is 5.19. The molecule has 1 aliphatic carbocycles. The molecule has 0 heterocycles. The highest BCUT2D eigenvalue weighted by Gasteiger charge is 2.36. The monoisotopic (exact) mass is 245 g/mol. The van der Waals surface area contributed by atoms with Crippen LogP contribution < -0.4 is 5.32 Å². The minimum absolute atomic E-state index is 0.0796. The van der Waals surface area contributed by atoms with Gasteiger partial charge in [0, 0.05) is 17.3 Å². The van der Waals surface area contributed by atoms with E-state index in [4.69, 9.17) is 4.74 Å². The second kappa shape index (κ2) is 5.92. The number of rotatable bonds is 6.